The Kier molecular flexibility index (Phi) is 10.4. The molecule has 0 atom stereocenters. The standard InChI is InChI=1S/C43H39BrN2O6S/c44-31-8-6-29(7-9-31)42-41(39-17-15-37(23-40(39)53-42)50-27-28-4-2-1-3-5-28)52-35-13-11-34(12-14-35)51-36-18-20-45(21-19-36)33-24-46(25-33)32-10-16-38(43(48)49)30(22-32)26-47/h1-17,22-23,33,36,47H,18-21,24-27H2,(H,48,49). The number of piperidine rings is 1. The zero-order valence-electron chi connectivity index (χ0n) is 29.0. The number of aliphatic hydroxyl groups is 1. The van der Waals surface area contributed by atoms with E-state index in [2.05, 4.69) is 62.1 Å². The lowest BCUT2D eigenvalue weighted by molar-refractivity contribution is 0.0660. The van der Waals surface area contributed by atoms with Crippen molar-refractivity contribution >= 4 is 49.0 Å². The fourth-order valence-corrected chi connectivity index (χ4v) is 8.47. The molecular formula is C43H39BrN2O6S. The average molecular weight is 792 g/mol. The van der Waals surface area contributed by atoms with Gasteiger partial charge >= 0.3 is 5.97 Å². The van der Waals surface area contributed by atoms with Crippen LogP contribution in [0.4, 0.5) is 5.69 Å². The molecule has 0 radical (unpaired) electrons. The predicted molar refractivity (Wildman–Crippen MR) is 213 cm³/mol. The molecule has 2 saturated heterocycles. The van der Waals surface area contributed by atoms with Crippen LogP contribution >= 0.6 is 27.3 Å². The van der Waals surface area contributed by atoms with E-state index in [0.29, 0.717) is 18.2 Å². The third-order valence-corrected chi connectivity index (χ3v) is 11.7. The number of hydrogen-bond donors (Lipinski definition) is 2. The van der Waals surface area contributed by atoms with Crippen molar-refractivity contribution in [1.82, 2.24) is 4.90 Å². The van der Waals surface area contributed by atoms with E-state index in [9.17, 15) is 15.0 Å². The van der Waals surface area contributed by atoms with Gasteiger partial charge in [-0.1, -0.05) is 58.4 Å². The molecule has 2 N–H and O–H groups in total. The Balaban J connectivity index is 0.887. The van der Waals surface area contributed by atoms with E-state index in [0.717, 1.165) is 98.3 Å². The number of rotatable bonds is 12. The van der Waals surface area contributed by atoms with Crippen molar-refractivity contribution in [3.8, 4) is 33.4 Å². The number of carbonyl (C=O) groups is 1. The van der Waals surface area contributed by atoms with Gasteiger partial charge in [0.1, 0.15) is 30.0 Å². The number of carboxylic acid groups (broad SMARTS) is 1. The van der Waals surface area contributed by atoms with Crippen LogP contribution < -0.4 is 19.1 Å². The van der Waals surface area contributed by atoms with Gasteiger partial charge in [0, 0.05) is 52.5 Å². The average Bonchev–Trinajstić information content (AvgIpc) is 3.52. The van der Waals surface area contributed by atoms with Gasteiger partial charge in [0.25, 0.3) is 0 Å². The number of carboxylic acids is 1. The Bertz CT molecular complexity index is 2200. The summed E-state index contributed by atoms with van der Waals surface area (Å²) in [7, 11) is 0. The maximum Gasteiger partial charge on any atom is 0.336 e. The highest BCUT2D eigenvalue weighted by Gasteiger charge is 2.35. The lowest BCUT2D eigenvalue weighted by Gasteiger charge is -2.48. The largest absolute Gasteiger partial charge is 0.490 e. The highest BCUT2D eigenvalue weighted by atomic mass is 79.9. The normalized spacial score (nSPS) is 15.3. The number of halogens is 1. The number of aromatic carboxylic acids is 1. The molecule has 0 unspecified atom stereocenters. The number of likely N-dealkylation sites (tertiary alicyclic amines) is 1. The molecule has 0 bridgehead atoms. The minimum Gasteiger partial charge on any atom is -0.490 e. The number of hydrogen-bond acceptors (Lipinski definition) is 8. The second-order valence-electron chi connectivity index (χ2n) is 13.5. The summed E-state index contributed by atoms with van der Waals surface area (Å²) in [6.45, 7) is 3.92. The second-order valence-corrected chi connectivity index (χ2v) is 15.5. The molecule has 0 spiro atoms. The summed E-state index contributed by atoms with van der Waals surface area (Å²) in [5.41, 5.74) is 3.76. The molecule has 0 saturated carbocycles. The van der Waals surface area contributed by atoms with E-state index in [4.69, 9.17) is 14.2 Å². The summed E-state index contributed by atoms with van der Waals surface area (Å²) >= 11 is 5.26. The molecule has 2 fully saturated rings. The summed E-state index contributed by atoms with van der Waals surface area (Å²) < 4.78 is 21.3. The minimum atomic E-state index is -1.02. The number of fused-ring (bicyclic) bond motifs is 1. The van der Waals surface area contributed by atoms with E-state index in [1.165, 1.54) is 0 Å². The molecule has 8 nitrogen and oxygen atoms in total. The first kappa shape index (κ1) is 35.2. The van der Waals surface area contributed by atoms with Crippen LogP contribution in [0.15, 0.2) is 120 Å². The Morgan fingerprint density at radius 1 is 0.830 bits per heavy atom. The molecule has 53 heavy (non-hydrogen) atoms. The summed E-state index contributed by atoms with van der Waals surface area (Å²) in [6, 6.07) is 38.3. The minimum absolute atomic E-state index is 0.146. The maximum absolute atomic E-state index is 11.4. The highest BCUT2D eigenvalue weighted by molar-refractivity contribution is 9.10. The molecule has 0 amide bonds. The smallest absolute Gasteiger partial charge is 0.336 e. The van der Waals surface area contributed by atoms with Gasteiger partial charge in [-0.05, 0) is 102 Å². The topological polar surface area (TPSA) is 91.7 Å². The van der Waals surface area contributed by atoms with E-state index < -0.39 is 5.97 Å². The van der Waals surface area contributed by atoms with Crippen molar-refractivity contribution < 1.29 is 29.2 Å². The van der Waals surface area contributed by atoms with Crippen LogP contribution in [-0.4, -0.2) is 59.4 Å². The van der Waals surface area contributed by atoms with Crippen LogP contribution in [0, 0.1) is 0 Å². The van der Waals surface area contributed by atoms with Gasteiger partial charge in [-0.2, -0.15) is 0 Å². The van der Waals surface area contributed by atoms with Gasteiger partial charge in [0.05, 0.1) is 17.0 Å². The van der Waals surface area contributed by atoms with Crippen LogP contribution in [0.1, 0.15) is 34.3 Å². The first-order valence-electron chi connectivity index (χ1n) is 17.8. The van der Waals surface area contributed by atoms with Crippen molar-refractivity contribution in [2.45, 2.75) is 38.2 Å². The highest BCUT2D eigenvalue weighted by Crippen LogP contribution is 2.47. The van der Waals surface area contributed by atoms with Gasteiger partial charge in [0.15, 0.2) is 5.75 Å². The van der Waals surface area contributed by atoms with Crippen LogP contribution in [0.5, 0.6) is 23.0 Å². The van der Waals surface area contributed by atoms with Crippen LogP contribution in [0.2, 0.25) is 0 Å². The molecule has 3 heterocycles. The van der Waals surface area contributed by atoms with E-state index in [1.807, 2.05) is 66.7 Å². The van der Waals surface area contributed by atoms with Crippen molar-refractivity contribution in [3.63, 3.8) is 0 Å². The van der Waals surface area contributed by atoms with E-state index >= 15 is 0 Å². The number of aliphatic hydroxyl groups excluding tert-OH is 1. The van der Waals surface area contributed by atoms with E-state index in [1.54, 1.807) is 23.5 Å². The van der Waals surface area contributed by atoms with Crippen molar-refractivity contribution in [1.29, 1.82) is 0 Å². The summed E-state index contributed by atoms with van der Waals surface area (Å²) in [5.74, 6) is 2.20. The molecule has 10 heteroatoms. The SMILES string of the molecule is O=C(O)c1ccc(N2CC(N3CCC(Oc4ccc(Oc5c(-c6ccc(Br)cc6)sc6cc(OCc7ccccc7)ccc56)cc4)CC3)C2)cc1CO. The molecular weight excluding hydrogens is 752 g/mol. The third kappa shape index (κ3) is 7.91. The first-order chi connectivity index (χ1) is 25.9. The van der Waals surface area contributed by atoms with E-state index in [-0.39, 0.29) is 18.3 Å². The molecule has 0 aliphatic carbocycles. The lowest BCUT2D eigenvalue weighted by Crippen LogP contribution is -2.61. The number of thiophene rings is 1. The number of ether oxygens (including phenoxy) is 3. The molecule has 1 aromatic heterocycles. The molecule has 5 aromatic carbocycles. The summed E-state index contributed by atoms with van der Waals surface area (Å²) in [6.07, 6.45) is 2.05. The monoisotopic (exact) mass is 790 g/mol. The van der Waals surface area contributed by atoms with Crippen LogP contribution in [0.25, 0.3) is 20.5 Å². The van der Waals surface area contributed by atoms with Crippen molar-refractivity contribution in [2.24, 2.45) is 0 Å². The Hall–Kier alpha value is -4.87. The van der Waals surface area contributed by atoms with Crippen LogP contribution in [-0.2, 0) is 13.2 Å². The number of anilines is 1. The van der Waals surface area contributed by atoms with Crippen LogP contribution in [0.3, 0.4) is 0 Å². The Labute approximate surface area is 320 Å². The number of benzene rings is 5. The molecule has 2 aliphatic rings. The molecule has 2 aliphatic heterocycles. The molecule has 6 aromatic rings. The van der Waals surface area contributed by atoms with Gasteiger partial charge in [0.2, 0.25) is 0 Å². The van der Waals surface area contributed by atoms with Crippen molar-refractivity contribution in [3.05, 3.63) is 136 Å². The lowest BCUT2D eigenvalue weighted by atomic mass is 9.99. The fraction of sp³-hybridized carbons (Fsp3) is 0.233. The predicted octanol–water partition coefficient (Wildman–Crippen LogP) is 9.62. The van der Waals surface area contributed by atoms with Crippen molar-refractivity contribution in [2.75, 3.05) is 31.1 Å². The first-order valence-corrected chi connectivity index (χ1v) is 19.4. The van der Waals surface area contributed by atoms with Gasteiger partial charge in [-0.25, -0.2) is 4.79 Å². The second kappa shape index (κ2) is 15.6. The molecule has 270 valence electrons. The zero-order chi connectivity index (χ0) is 36.3. The summed E-state index contributed by atoms with van der Waals surface area (Å²) in [4.78, 5) is 17.2. The Morgan fingerprint density at radius 2 is 1.55 bits per heavy atom. The molecule has 8 rings (SSSR count). The summed E-state index contributed by atoms with van der Waals surface area (Å²) in [5, 5.41) is 20.0. The quantitative estimate of drug-likeness (QED) is 0.127. The maximum atomic E-state index is 11.4. The van der Waals surface area contributed by atoms with Gasteiger partial charge in [-0.15, -0.1) is 11.3 Å². The van der Waals surface area contributed by atoms with Gasteiger partial charge in [-0.3, -0.25) is 4.90 Å². The third-order valence-electron chi connectivity index (χ3n) is 10.0. The van der Waals surface area contributed by atoms with Gasteiger partial charge < -0.3 is 29.3 Å². The fourth-order valence-electron chi connectivity index (χ4n) is 7.05. The number of nitrogens with zero attached hydrogens (tertiary/aromatic N) is 2. The Morgan fingerprint density at radius 3 is 2.26 bits per heavy atom. The zero-order valence-corrected chi connectivity index (χ0v) is 31.4.